The van der Waals surface area contributed by atoms with E-state index in [-0.39, 0.29) is 5.91 Å². The molecule has 5 nitrogen and oxygen atoms in total. The molecule has 0 fully saturated rings. The summed E-state index contributed by atoms with van der Waals surface area (Å²) in [7, 11) is 0. The van der Waals surface area contributed by atoms with Crippen LogP contribution in [-0.2, 0) is 23.6 Å². The van der Waals surface area contributed by atoms with Crippen molar-refractivity contribution in [2.75, 3.05) is 5.75 Å². The van der Waals surface area contributed by atoms with Gasteiger partial charge in [0, 0.05) is 24.1 Å². The number of rotatable bonds is 8. The Hall–Kier alpha value is -3.04. The summed E-state index contributed by atoms with van der Waals surface area (Å²) in [5, 5.41) is 16.1. The Kier molecular flexibility index (Phi) is 6.66. The van der Waals surface area contributed by atoms with Gasteiger partial charge in [0.15, 0.2) is 0 Å². The lowest BCUT2D eigenvalue weighted by molar-refractivity contribution is -0.118. The van der Waals surface area contributed by atoms with Crippen molar-refractivity contribution in [3.63, 3.8) is 0 Å². The summed E-state index contributed by atoms with van der Waals surface area (Å²) >= 11 is 1.55. The lowest BCUT2D eigenvalue weighted by Gasteiger charge is -2.04. The minimum Gasteiger partial charge on any atom is -0.351 e. The fourth-order valence-electron chi connectivity index (χ4n) is 2.54. The number of nitrogens with zero attached hydrogens (tertiary/aromatic N) is 3. The van der Waals surface area contributed by atoms with Gasteiger partial charge in [-0.15, -0.1) is 11.8 Å². The highest BCUT2D eigenvalue weighted by Gasteiger charge is 2.05. The maximum Gasteiger partial charge on any atom is 0.230 e. The lowest BCUT2D eigenvalue weighted by Crippen LogP contribution is -2.24. The number of aromatic nitrogens is 2. The van der Waals surface area contributed by atoms with Gasteiger partial charge in [-0.3, -0.25) is 9.48 Å². The summed E-state index contributed by atoms with van der Waals surface area (Å²) in [5.74, 6) is 1.15. The molecule has 1 heterocycles. The fourth-order valence-corrected chi connectivity index (χ4v) is 3.36. The van der Waals surface area contributed by atoms with E-state index < -0.39 is 0 Å². The Morgan fingerprint density at radius 3 is 2.59 bits per heavy atom. The van der Waals surface area contributed by atoms with Gasteiger partial charge >= 0.3 is 0 Å². The molecule has 0 aliphatic carbocycles. The summed E-state index contributed by atoms with van der Waals surface area (Å²) in [5.41, 5.74) is 3.93. The van der Waals surface area contributed by atoms with Crippen molar-refractivity contribution in [3.8, 4) is 6.07 Å². The molecular formula is C21H20N4OS. The zero-order valence-electron chi connectivity index (χ0n) is 14.8. The van der Waals surface area contributed by atoms with E-state index >= 15 is 0 Å². The molecule has 3 aromatic rings. The van der Waals surface area contributed by atoms with E-state index in [1.165, 1.54) is 5.56 Å². The summed E-state index contributed by atoms with van der Waals surface area (Å²) in [4.78, 5) is 12.0. The van der Waals surface area contributed by atoms with Crippen LogP contribution in [-0.4, -0.2) is 21.4 Å². The molecule has 1 aromatic heterocycles. The Balaban J connectivity index is 1.38. The third kappa shape index (κ3) is 6.01. The second-order valence-corrected chi connectivity index (χ2v) is 7.10. The topological polar surface area (TPSA) is 70.7 Å². The molecule has 0 spiro atoms. The largest absolute Gasteiger partial charge is 0.351 e. The minimum absolute atomic E-state index is 0.00412. The standard InChI is InChI=1S/C21H20N4OS/c22-10-17-6-8-19(9-7-17)15-27-16-21(26)23-11-20-12-24-25(14-20)13-18-4-2-1-3-5-18/h1-9,12,14H,11,13,15-16H2,(H,23,26). The maximum absolute atomic E-state index is 12.0. The monoisotopic (exact) mass is 376 g/mol. The SMILES string of the molecule is N#Cc1ccc(CSCC(=O)NCc2cnn(Cc3ccccc3)c2)cc1. The van der Waals surface area contributed by atoms with Crippen molar-refractivity contribution in [2.24, 2.45) is 0 Å². The quantitative estimate of drug-likeness (QED) is 0.654. The van der Waals surface area contributed by atoms with E-state index in [4.69, 9.17) is 5.26 Å². The summed E-state index contributed by atoms with van der Waals surface area (Å²) in [6.45, 7) is 1.19. The molecule has 0 unspecified atom stereocenters. The van der Waals surface area contributed by atoms with Crippen molar-refractivity contribution in [1.29, 1.82) is 5.26 Å². The van der Waals surface area contributed by atoms with Gasteiger partial charge in [0.2, 0.25) is 5.91 Å². The highest BCUT2D eigenvalue weighted by molar-refractivity contribution is 7.99. The average Bonchev–Trinajstić information content (AvgIpc) is 3.15. The number of thioether (sulfide) groups is 1. The van der Waals surface area contributed by atoms with Crippen molar-refractivity contribution in [1.82, 2.24) is 15.1 Å². The van der Waals surface area contributed by atoms with Gasteiger partial charge in [-0.25, -0.2) is 0 Å². The molecule has 0 aliphatic rings. The normalized spacial score (nSPS) is 10.3. The summed E-state index contributed by atoms with van der Waals surface area (Å²) < 4.78 is 1.87. The van der Waals surface area contributed by atoms with Crippen LogP contribution in [0.25, 0.3) is 0 Å². The Morgan fingerprint density at radius 2 is 1.85 bits per heavy atom. The molecular weight excluding hydrogens is 356 g/mol. The third-order valence-electron chi connectivity index (χ3n) is 3.95. The summed E-state index contributed by atoms with van der Waals surface area (Å²) in [6.07, 6.45) is 3.74. The third-order valence-corrected chi connectivity index (χ3v) is 4.95. The van der Waals surface area contributed by atoms with Crippen LogP contribution < -0.4 is 5.32 Å². The van der Waals surface area contributed by atoms with Crippen LogP contribution >= 0.6 is 11.8 Å². The van der Waals surface area contributed by atoms with E-state index in [0.29, 0.717) is 17.9 Å². The first-order valence-corrected chi connectivity index (χ1v) is 9.77. The molecule has 0 bridgehead atoms. The number of nitrogens with one attached hydrogen (secondary N) is 1. The number of carbonyl (C=O) groups is 1. The first-order chi connectivity index (χ1) is 13.2. The van der Waals surface area contributed by atoms with Crippen LogP contribution in [0.5, 0.6) is 0 Å². The predicted molar refractivity (Wildman–Crippen MR) is 107 cm³/mol. The Morgan fingerprint density at radius 1 is 1.07 bits per heavy atom. The number of benzene rings is 2. The van der Waals surface area contributed by atoms with Crippen LogP contribution in [0.15, 0.2) is 67.0 Å². The zero-order chi connectivity index (χ0) is 18.9. The van der Waals surface area contributed by atoms with E-state index in [1.807, 2.05) is 41.2 Å². The van der Waals surface area contributed by atoms with Gasteiger partial charge < -0.3 is 5.32 Å². The van der Waals surface area contributed by atoms with Gasteiger partial charge in [-0.1, -0.05) is 42.5 Å². The van der Waals surface area contributed by atoms with Gasteiger partial charge in [-0.2, -0.15) is 10.4 Å². The van der Waals surface area contributed by atoms with Crippen LogP contribution in [0.1, 0.15) is 22.3 Å². The highest BCUT2D eigenvalue weighted by atomic mass is 32.2. The highest BCUT2D eigenvalue weighted by Crippen LogP contribution is 2.13. The number of carbonyl (C=O) groups excluding carboxylic acids is 1. The van der Waals surface area contributed by atoms with Crippen molar-refractivity contribution < 1.29 is 4.79 Å². The van der Waals surface area contributed by atoms with Crippen LogP contribution in [0.4, 0.5) is 0 Å². The Bertz CT molecular complexity index is 913. The average molecular weight is 376 g/mol. The number of amides is 1. The number of hydrogen-bond acceptors (Lipinski definition) is 4. The van der Waals surface area contributed by atoms with Crippen molar-refractivity contribution in [2.45, 2.75) is 18.8 Å². The number of hydrogen-bond donors (Lipinski definition) is 1. The molecule has 27 heavy (non-hydrogen) atoms. The smallest absolute Gasteiger partial charge is 0.230 e. The fraction of sp³-hybridized carbons (Fsp3) is 0.190. The second-order valence-electron chi connectivity index (χ2n) is 6.11. The molecule has 136 valence electrons. The van der Waals surface area contributed by atoms with Gasteiger partial charge in [0.05, 0.1) is 30.1 Å². The molecule has 0 aliphatic heterocycles. The first kappa shape index (κ1) is 18.7. The van der Waals surface area contributed by atoms with Crippen LogP contribution in [0, 0.1) is 11.3 Å². The Labute approximate surface area is 163 Å². The minimum atomic E-state index is 0.00412. The van der Waals surface area contributed by atoms with Crippen LogP contribution in [0.3, 0.4) is 0 Å². The van der Waals surface area contributed by atoms with Crippen LogP contribution in [0.2, 0.25) is 0 Å². The van der Waals surface area contributed by atoms with Crippen molar-refractivity contribution >= 4 is 17.7 Å². The molecule has 0 atom stereocenters. The maximum atomic E-state index is 12.0. The molecule has 3 rings (SSSR count). The molecule has 1 amide bonds. The van der Waals surface area contributed by atoms with Crippen molar-refractivity contribution in [3.05, 3.63) is 89.2 Å². The molecule has 6 heteroatoms. The lowest BCUT2D eigenvalue weighted by atomic mass is 10.2. The molecule has 0 saturated carbocycles. The second kappa shape index (κ2) is 9.60. The zero-order valence-corrected chi connectivity index (χ0v) is 15.7. The van der Waals surface area contributed by atoms with E-state index in [2.05, 4.69) is 28.6 Å². The van der Waals surface area contributed by atoms with Gasteiger partial charge in [0.25, 0.3) is 0 Å². The molecule has 1 N–H and O–H groups in total. The van der Waals surface area contributed by atoms with E-state index in [1.54, 1.807) is 30.1 Å². The molecule has 0 radical (unpaired) electrons. The van der Waals surface area contributed by atoms with E-state index in [9.17, 15) is 4.79 Å². The predicted octanol–water partition coefficient (Wildman–Crippen LogP) is 3.35. The van der Waals surface area contributed by atoms with Gasteiger partial charge in [-0.05, 0) is 23.3 Å². The van der Waals surface area contributed by atoms with Gasteiger partial charge in [0.1, 0.15) is 0 Å². The molecule has 2 aromatic carbocycles. The number of nitriles is 1. The summed E-state index contributed by atoms with van der Waals surface area (Å²) in [6, 6.07) is 19.7. The molecule has 0 saturated heterocycles. The van der Waals surface area contributed by atoms with E-state index in [0.717, 1.165) is 23.4 Å². The first-order valence-electron chi connectivity index (χ1n) is 8.61.